The molecule has 0 aliphatic rings. The standard InChI is InChI=1S/C7H6N4O/c8-7-6(9-3-4-10-7)5-1-2-11-12-5/h1-4H,(H2,8,10). The first kappa shape index (κ1) is 6.78. The lowest BCUT2D eigenvalue weighted by atomic mass is 10.3. The Bertz CT molecular complexity index is 371. The van der Waals surface area contributed by atoms with Gasteiger partial charge >= 0.3 is 0 Å². The minimum absolute atomic E-state index is 0.342. The van der Waals surface area contributed by atoms with Crippen LogP contribution in [0.4, 0.5) is 5.82 Å². The van der Waals surface area contributed by atoms with Crippen molar-refractivity contribution in [3.63, 3.8) is 0 Å². The zero-order valence-corrected chi connectivity index (χ0v) is 6.14. The predicted octanol–water partition coefficient (Wildman–Crippen LogP) is 0.714. The zero-order chi connectivity index (χ0) is 8.39. The lowest BCUT2D eigenvalue weighted by molar-refractivity contribution is 0.431. The average Bonchev–Trinajstić information content (AvgIpc) is 2.57. The summed E-state index contributed by atoms with van der Waals surface area (Å²) >= 11 is 0. The third-order valence-electron chi connectivity index (χ3n) is 1.40. The Morgan fingerprint density at radius 1 is 1.17 bits per heavy atom. The van der Waals surface area contributed by atoms with Gasteiger partial charge in [0.05, 0.1) is 6.20 Å². The molecule has 5 heteroatoms. The number of nitrogen functional groups attached to an aromatic ring is 1. The molecule has 2 rings (SSSR count). The van der Waals surface area contributed by atoms with E-state index in [0.29, 0.717) is 17.3 Å². The number of rotatable bonds is 1. The number of aromatic nitrogens is 3. The van der Waals surface area contributed by atoms with Crippen molar-refractivity contribution in [2.45, 2.75) is 0 Å². The van der Waals surface area contributed by atoms with Gasteiger partial charge in [-0.25, -0.2) is 9.97 Å². The summed E-state index contributed by atoms with van der Waals surface area (Å²) in [5, 5.41) is 3.54. The molecule has 0 aromatic carbocycles. The van der Waals surface area contributed by atoms with E-state index in [1.54, 1.807) is 12.3 Å². The molecule has 2 N–H and O–H groups in total. The summed E-state index contributed by atoms with van der Waals surface area (Å²) in [5.41, 5.74) is 6.07. The molecular formula is C7H6N4O. The van der Waals surface area contributed by atoms with Crippen LogP contribution in [0.3, 0.4) is 0 Å². The van der Waals surface area contributed by atoms with Gasteiger partial charge in [-0.2, -0.15) is 0 Å². The molecule has 0 amide bonds. The van der Waals surface area contributed by atoms with Crippen LogP contribution in [0.2, 0.25) is 0 Å². The number of nitrogens with two attached hydrogens (primary N) is 1. The highest BCUT2D eigenvalue weighted by Gasteiger charge is 2.06. The van der Waals surface area contributed by atoms with Gasteiger partial charge in [0.2, 0.25) is 0 Å². The third-order valence-corrected chi connectivity index (χ3v) is 1.40. The van der Waals surface area contributed by atoms with Gasteiger partial charge in [-0.3, -0.25) is 0 Å². The summed E-state index contributed by atoms with van der Waals surface area (Å²) in [6.45, 7) is 0. The normalized spacial score (nSPS) is 10.0. The lowest BCUT2D eigenvalue weighted by Crippen LogP contribution is -1.94. The van der Waals surface area contributed by atoms with Gasteiger partial charge in [-0.15, -0.1) is 0 Å². The first-order valence-corrected chi connectivity index (χ1v) is 3.35. The summed E-state index contributed by atoms with van der Waals surface area (Å²) in [5.74, 6) is 0.870. The molecule has 2 aromatic heterocycles. The summed E-state index contributed by atoms with van der Waals surface area (Å²) in [6.07, 6.45) is 4.60. The first-order chi connectivity index (χ1) is 5.88. The van der Waals surface area contributed by atoms with Crippen molar-refractivity contribution in [3.8, 4) is 11.5 Å². The molecule has 12 heavy (non-hydrogen) atoms. The molecule has 0 saturated carbocycles. The van der Waals surface area contributed by atoms with Crippen LogP contribution in [0, 0.1) is 0 Å². The molecule has 0 bridgehead atoms. The van der Waals surface area contributed by atoms with Gasteiger partial charge in [0.1, 0.15) is 0 Å². The molecule has 0 fully saturated rings. The highest BCUT2D eigenvalue weighted by atomic mass is 16.5. The van der Waals surface area contributed by atoms with E-state index in [2.05, 4.69) is 15.1 Å². The van der Waals surface area contributed by atoms with E-state index in [1.807, 2.05) is 0 Å². The first-order valence-electron chi connectivity index (χ1n) is 3.35. The maximum absolute atomic E-state index is 5.55. The Morgan fingerprint density at radius 3 is 2.67 bits per heavy atom. The van der Waals surface area contributed by atoms with E-state index in [1.165, 1.54) is 12.4 Å². The minimum atomic E-state index is 0.342. The predicted molar refractivity (Wildman–Crippen MR) is 41.9 cm³/mol. The van der Waals surface area contributed by atoms with Gasteiger partial charge < -0.3 is 10.3 Å². The second-order valence-corrected chi connectivity index (χ2v) is 2.17. The SMILES string of the molecule is Nc1nccnc1-c1ccno1. The molecular weight excluding hydrogens is 156 g/mol. The van der Waals surface area contributed by atoms with E-state index >= 15 is 0 Å². The van der Waals surface area contributed by atoms with E-state index < -0.39 is 0 Å². The fraction of sp³-hybridized carbons (Fsp3) is 0. The quantitative estimate of drug-likeness (QED) is 0.668. The van der Waals surface area contributed by atoms with E-state index in [-0.39, 0.29) is 0 Å². The van der Waals surface area contributed by atoms with Crippen molar-refractivity contribution in [2.75, 3.05) is 5.73 Å². The smallest absolute Gasteiger partial charge is 0.188 e. The number of nitrogens with zero attached hydrogens (tertiary/aromatic N) is 3. The van der Waals surface area contributed by atoms with Crippen LogP contribution in [0.15, 0.2) is 29.2 Å². The highest BCUT2D eigenvalue weighted by molar-refractivity contribution is 5.63. The van der Waals surface area contributed by atoms with Crippen LogP contribution in [0.5, 0.6) is 0 Å². The minimum Gasteiger partial charge on any atom is -0.382 e. The van der Waals surface area contributed by atoms with Crippen LogP contribution in [-0.2, 0) is 0 Å². The van der Waals surface area contributed by atoms with Gasteiger partial charge in [-0.05, 0) is 0 Å². The molecule has 0 aliphatic carbocycles. The number of anilines is 1. The topological polar surface area (TPSA) is 77.8 Å². The molecule has 0 aliphatic heterocycles. The fourth-order valence-electron chi connectivity index (χ4n) is 0.877. The maximum atomic E-state index is 5.55. The fourth-order valence-corrected chi connectivity index (χ4v) is 0.877. The lowest BCUT2D eigenvalue weighted by Gasteiger charge is -1.96. The van der Waals surface area contributed by atoms with Crippen molar-refractivity contribution in [2.24, 2.45) is 0 Å². The Balaban J connectivity index is 2.55. The summed E-state index contributed by atoms with van der Waals surface area (Å²) in [7, 11) is 0. The zero-order valence-electron chi connectivity index (χ0n) is 6.14. The molecule has 5 nitrogen and oxygen atoms in total. The molecule has 0 radical (unpaired) electrons. The van der Waals surface area contributed by atoms with Crippen LogP contribution in [0.1, 0.15) is 0 Å². The maximum Gasteiger partial charge on any atom is 0.188 e. The Kier molecular flexibility index (Phi) is 1.48. The van der Waals surface area contributed by atoms with Crippen molar-refractivity contribution in [1.29, 1.82) is 0 Å². The van der Waals surface area contributed by atoms with Crippen LogP contribution in [-0.4, -0.2) is 15.1 Å². The van der Waals surface area contributed by atoms with E-state index in [4.69, 9.17) is 10.3 Å². The van der Waals surface area contributed by atoms with E-state index in [0.717, 1.165) is 0 Å². The molecule has 0 unspecified atom stereocenters. The van der Waals surface area contributed by atoms with E-state index in [9.17, 15) is 0 Å². The van der Waals surface area contributed by atoms with Crippen molar-refractivity contribution >= 4 is 5.82 Å². The van der Waals surface area contributed by atoms with Crippen LogP contribution in [0.25, 0.3) is 11.5 Å². The van der Waals surface area contributed by atoms with Gasteiger partial charge in [0.25, 0.3) is 0 Å². The second-order valence-electron chi connectivity index (χ2n) is 2.17. The number of hydrogen-bond donors (Lipinski definition) is 1. The van der Waals surface area contributed by atoms with Crippen LogP contribution >= 0.6 is 0 Å². The summed E-state index contributed by atoms with van der Waals surface area (Å²) < 4.78 is 4.87. The molecule has 0 spiro atoms. The van der Waals surface area contributed by atoms with Gasteiger partial charge in [-0.1, -0.05) is 5.16 Å². The summed E-state index contributed by atoms with van der Waals surface area (Å²) in [6, 6.07) is 1.68. The molecule has 2 aromatic rings. The number of hydrogen-bond acceptors (Lipinski definition) is 5. The second kappa shape index (κ2) is 2.61. The average molecular weight is 162 g/mol. The van der Waals surface area contributed by atoms with Crippen molar-refractivity contribution < 1.29 is 4.52 Å². The molecule has 2 heterocycles. The largest absolute Gasteiger partial charge is 0.382 e. The summed E-state index contributed by atoms with van der Waals surface area (Å²) in [4.78, 5) is 7.86. The van der Waals surface area contributed by atoms with Gasteiger partial charge in [0.15, 0.2) is 17.3 Å². The third kappa shape index (κ3) is 1.01. The Labute approximate surface area is 68.2 Å². The van der Waals surface area contributed by atoms with Crippen LogP contribution < -0.4 is 5.73 Å². The highest BCUT2D eigenvalue weighted by Crippen LogP contribution is 2.19. The molecule has 0 atom stereocenters. The Hall–Kier alpha value is -1.91. The Morgan fingerprint density at radius 2 is 2.00 bits per heavy atom. The van der Waals surface area contributed by atoms with Crippen molar-refractivity contribution in [3.05, 3.63) is 24.7 Å². The molecule has 60 valence electrons. The van der Waals surface area contributed by atoms with Gasteiger partial charge in [0, 0.05) is 18.5 Å². The van der Waals surface area contributed by atoms with Crippen molar-refractivity contribution in [1.82, 2.24) is 15.1 Å². The monoisotopic (exact) mass is 162 g/mol. The molecule has 0 saturated heterocycles.